The quantitative estimate of drug-likeness (QED) is 0.700. The molecule has 0 N–H and O–H groups in total. The SMILES string of the molecule is CCN(CC)c1nnc(Cl)nn1. The highest BCUT2D eigenvalue weighted by molar-refractivity contribution is 6.28. The summed E-state index contributed by atoms with van der Waals surface area (Å²) in [6.07, 6.45) is 0. The Morgan fingerprint density at radius 2 is 1.58 bits per heavy atom. The van der Waals surface area contributed by atoms with E-state index in [4.69, 9.17) is 11.6 Å². The van der Waals surface area contributed by atoms with Gasteiger partial charge < -0.3 is 4.90 Å². The maximum Gasteiger partial charge on any atom is 0.264 e. The van der Waals surface area contributed by atoms with Crippen LogP contribution in [0.4, 0.5) is 5.95 Å². The second-order valence-corrected chi connectivity index (χ2v) is 2.48. The molecule has 12 heavy (non-hydrogen) atoms. The Hall–Kier alpha value is -0.970. The molecule has 0 spiro atoms. The zero-order valence-electron chi connectivity index (χ0n) is 7.03. The van der Waals surface area contributed by atoms with Crippen molar-refractivity contribution >= 4 is 17.5 Å². The van der Waals surface area contributed by atoms with Gasteiger partial charge in [0.2, 0.25) is 0 Å². The lowest BCUT2D eigenvalue weighted by molar-refractivity contribution is 0.755. The van der Waals surface area contributed by atoms with E-state index < -0.39 is 0 Å². The number of aromatic nitrogens is 4. The molecule has 0 radical (unpaired) electrons. The number of hydrogen-bond donors (Lipinski definition) is 0. The van der Waals surface area contributed by atoms with Crippen LogP contribution < -0.4 is 4.90 Å². The van der Waals surface area contributed by atoms with Crippen LogP contribution in [0.5, 0.6) is 0 Å². The van der Waals surface area contributed by atoms with Crippen LogP contribution in [-0.4, -0.2) is 33.5 Å². The topological polar surface area (TPSA) is 54.8 Å². The molecule has 0 amide bonds. The van der Waals surface area contributed by atoms with Crippen molar-refractivity contribution in [3.05, 3.63) is 5.28 Å². The van der Waals surface area contributed by atoms with E-state index in [-0.39, 0.29) is 5.28 Å². The summed E-state index contributed by atoms with van der Waals surface area (Å²) in [7, 11) is 0. The second kappa shape index (κ2) is 4.15. The van der Waals surface area contributed by atoms with Crippen molar-refractivity contribution in [1.82, 2.24) is 20.4 Å². The van der Waals surface area contributed by atoms with E-state index in [1.165, 1.54) is 0 Å². The molecule has 66 valence electrons. The number of hydrogen-bond acceptors (Lipinski definition) is 5. The van der Waals surface area contributed by atoms with Crippen molar-refractivity contribution < 1.29 is 0 Å². The summed E-state index contributed by atoms with van der Waals surface area (Å²) in [5.41, 5.74) is 0. The zero-order chi connectivity index (χ0) is 8.97. The molecule has 0 bridgehead atoms. The standard InChI is InChI=1S/C6H10ClN5/c1-3-12(4-2)6-10-8-5(7)9-11-6/h3-4H2,1-2H3. The van der Waals surface area contributed by atoms with Gasteiger partial charge in [-0.15, -0.1) is 20.4 Å². The van der Waals surface area contributed by atoms with E-state index in [9.17, 15) is 0 Å². The second-order valence-electron chi connectivity index (χ2n) is 2.14. The molecule has 1 heterocycles. The van der Waals surface area contributed by atoms with Crippen molar-refractivity contribution in [1.29, 1.82) is 0 Å². The van der Waals surface area contributed by atoms with Gasteiger partial charge in [0.25, 0.3) is 11.2 Å². The summed E-state index contributed by atoms with van der Waals surface area (Å²) < 4.78 is 0. The molecule has 0 aliphatic heterocycles. The van der Waals surface area contributed by atoms with Crippen LogP contribution in [0, 0.1) is 0 Å². The van der Waals surface area contributed by atoms with Crippen LogP contribution in [0.1, 0.15) is 13.8 Å². The van der Waals surface area contributed by atoms with E-state index in [1.807, 2.05) is 18.7 Å². The number of nitrogens with zero attached hydrogens (tertiary/aromatic N) is 5. The molecule has 0 saturated carbocycles. The van der Waals surface area contributed by atoms with E-state index in [1.54, 1.807) is 0 Å². The molecular formula is C6H10ClN5. The van der Waals surface area contributed by atoms with Gasteiger partial charge in [-0.1, -0.05) is 0 Å². The van der Waals surface area contributed by atoms with E-state index in [0.29, 0.717) is 5.95 Å². The summed E-state index contributed by atoms with van der Waals surface area (Å²) in [6.45, 7) is 5.70. The molecule has 0 aliphatic rings. The Morgan fingerprint density at radius 3 is 2.00 bits per heavy atom. The summed E-state index contributed by atoms with van der Waals surface area (Å²) in [5.74, 6) is 0.518. The lowest BCUT2D eigenvalue weighted by atomic mass is 10.5. The number of anilines is 1. The Morgan fingerprint density at radius 1 is 1.08 bits per heavy atom. The molecule has 6 heteroatoms. The Balaban J connectivity index is 2.80. The Kier molecular flexibility index (Phi) is 3.16. The monoisotopic (exact) mass is 187 g/mol. The average Bonchev–Trinajstić information content (AvgIpc) is 2.10. The molecule has 0 aromatic carbocycles. The minimum Gasteiger partial charge on any atom is -0.339 e. The predicted molar refractivity (Wildman–Crippen MR) is 46.2 cm³/mol. The van der Waals surface area contributed by atoms with Gasteiger partial charge in [0.1, 0.15) is 0 Å². The normalized spacial score (nSPS) is 9.92. The number of rotatable bonds is 3. The molecule has 1 rings (SSSR count). The third kappa shape index (κ3) is 2.01. The molecule has 0 saturated heterocycles. The molecule has 0 fully saturated rings. The molecule has 1 aromatic rings. The van der Waals surface area contributed by atoms with E-state index in [2.05, 4.69) is 20.4 Å². The highest BCUT2D eigenvalue weighted by Crippen LogP contribution is 2.03. The molecule has 1 aromatic heterocycles. The van der Waals surface area contributed by atoms with Gasteiger partial charge in [-0.2, -0.15) is 0 Å². The van der Waals surface area contributed by atoms with Crippen molar-refractivity contribution in [2.45, 2.75) is 13.8 Å². The summed E-state index contributed by atoms with van der Waals surface area (Å²) in [5, 5.41) is 14.8. The molecule has 0 atom stereocenters. The molecule has 5 nitrogen and oxygen atoms in total. The number of halogens is 1. The Bertz CT molecular complexity index is 232. The summed E-state index contributed by atoms with van der Waals surface area (Å²) in [4.78, 5) is 1.94. The minimum atomic E-state index is 0.0749. The average molecular weight is 188 g/mol. The van der Waals surface area contributed by atoms with Gasteiger partial charge in [-0.05, 0) is 25.4 Å². The van der Waals surface area contributed by atoms with Gasteiger partial charge in [0.05, 0.1) is 0 Å². The fourth-order valence-corrected chi connectivity index (χ4v) is 0.920. The van der Waals surface area contributed by atoms with Crippen molar-refractivity contribution in [2.75, 3.05) is 18.0 Å². The van der Waals surface area contributed by atoms with Gasteiger partial charge in [0.15, 0.2) is 0 Å². The smallest absolute Gasteiger partial charge is 0.264 e. The fraction of sp³-hybridized carbons (Fsp3) is 0.667. The zero-order valence-corrected chi connectivity index (χ0v) is 7.78. The first-order valence-electron chi connectivity index (χ1n) is 3.75. The van der Waals surface area contributed by atoms with Crippen LogP contribution in [0.2, 0.25) is 5.28 Å². The third-order valence-corrected chi connectivity index (χ3v) is 1.64. The van der Waals surface area contributed by atoms with E-state index in [0.717, 1.165) is 13.1 Å². The maximum absolute atomic E-state index is 5.44. The van der Waals surface area contributed by atoms with Crippen molar-refractivity contribution in [3.63, 3.8) is 0 Å². The van der Waals surface area contributed by atoms with Crippen LogP contribution in [0.15, 0.2) is 0 Å². The highest BCUT2D eigenvalue weighted by Gasteiger charge is 2.05. The minimum absolute atomic E-state index is 0.0749. The molecular weight excluding hydrogens is 178 g/mol. The summed E-state index contributed by atoms with van der Waals surface area (Å²) >= 11 is 5.44. The first-order chi connectivity index (χ1) is 5.77. The van der Waals surface area contributed by atoms with Gasteiger partial charge in [-0.25, -0.2) is 0 Å². The van der Waals surface area contributed by atoms with Crippen LogP contribution in [0.25, 0.3) is 0 Å². The summed E-state index contributed by atoms with van der Waals surface area (Å²) in [6, 6.07) is 0. The predicted octanol–water partition coefficient (Wildman–Crippen LogP) is 0.766. The lowest BCUT2D eigenvalue weighted by Gasteiger charge is -2.15. The van der Waals surface area contributed by atoms with Crippen molar-refractivity contribution in [3.8, 4) is 0 Å². The van der Waals surface area contributed by atoms with Gasteiger partial charge >= 0.3 is 0 Å². The maximum atomic E-state index is 5.44. The first-order valence-corrected chi connectivity index (χ1v) is 4.13. The van der Waals surface area contributed by atoms with Crippen molar-refractivity contribution in [2.24, 2.45) is 0 Å². The van der Waals surface area contributed by atoms with Crippen LogP contribution in [0.3, 0.4) is 0 Å². The lowest BCUT2D eigenvalue weighted by Crippen LogP contribution is -2.24. The molecule has 0 unspecified atom stereocenters. The van der Waals surface area contributed by atoms with Crippen LogP contribution >= 0.6 is 11.6 Å². The largest absolute Gasteiger partial charge is 0.339 e. The van der Waals surface area contributed by atoms with Gasteiger partial charge in [0, 0.05) is 13.1 Å². The van der Waals surface area contributed by atoms with Crippen LogP contribution in [-0.2, 0) is 0 Å². The highest BCUT2D eigenvalue weighted by atomic mass is 35.5. The first kappa shape index (κ1) is 9.12. The third-order valence-electron chi connectivity index (χ3n) is 1.49. The molecule has 0 aliphatic carbocycles. The van der Waals surface area contributed by atoms with Gasteiger partial charge in [-0.3, -0.25) is 0 Å². The Labute approximate surface area is 75.8 Å². The fourth-order valence-electron chi connectivity index (χ4n) is 0.845. The van der Waals surface area contributed by atoms with E-state index >= 15 is 0 Å².